The summed E-state index contributed by atoms with van der Waals surface area (Å²) in [5.41, 5.74) is 2.04. The zero-order valence-electron chi connectivity index (χ0n) is 12.5. The van der Waals surface area contributed by atoms with Crippen LogP contribution >= 0.6 is 0 Å². The molecule has 2 aromatic rings. The molecule has 0 bridgehead atoms. The standard InChI is InChI=1S/C16H22N4O/c1-19-8-3-4-13(19)10-20-15(12-6-9-21-11-12)18-14-5-2-7-17-16(14)20/h2,5,7,12-13H,3-4,6,8-11H2,1H3. The van der Waals surface area contributed by atoms with E-state index in [0.717, 1.165) is 37.3 Å². The summed E-state index contributed by atoms with van der Waals surface area (Å²) in [6, 6.07) is 4.64. The molecule has 2 aromatic heterocycles. The van der Waals surface area contributed by atoms with E-state index >= 15 is 0 Å². The molecule has 0 N–H and O–H groups in total. The molecule has 0 amide bonds. The van der Waals surface area contributed by atoms with Crippen molar-refractivity contribution in [2.45, 2.75) is 37.8 Å². The van der Waals surface area contributed by atoms with Crippen LogP contribution in [0.15, 0.2) is 18.3 Å². The predicted octanol–water partition coefficient (Wildman–Crippen LogP) is 2.03. The summed E-state index contributed by atoms with van der Waals surface area (Å²) in [5, 5.41) is 0. The van der Waals surface area contributed by atoms with Crippen LogP contribution in [0.25, 0.3) is 11.2 Å². The Bertz CT molecular complexity index is 632. The lowest BCUT2D eigenvalue weighted by atomic mass is 10.1. The van der Waals surface area contributed by atoms with Crippen molar-refractivity contribution in [3.63, 3.8) is 0 Å². The van der Waals surface area contributed by atoms with Crippen molar-refractivity contribution in [2.24, 2.45) is 0 Å². The van der Waals surface area contributed by atoms with Gasteiger partial charge >= 0.3 is 0 Å². The Labute approximate surface area is 124 Å². The third-order valence-corrected chi connectivity index (χ3v) is 4.89. The van der Waals surface area contributed by atoms with Crippen LogP contribution in [0, 0.1) is 0 Å². The van der Waals surface area contributed by atoms with E-state index in [0.29, 0.717) is 12.0 Å². The molecule has 2 aliphatic heterocycles. The number of aromatic nitrogens is 3. The summed E-state index contributed by atoms with van der Waals surface area (Å²) in [6.07, 6.45) is 5.50. The fraction of sp³-hybridized carbons (Fsp3) is 0.625. The first kappa shape index (κ1) is 13.2. The molecule has 0 spiro atoms. The number of ether oxygens (including phenoxy) is 1. The van der Waals surface area contributed by atoms with Crippen LogP contribution < -0.4 is 0 Å². The van der Waals surface area contributed by atoms with Crippen molar-refractivity contribution in [1.82, 2.24) is 19.4 Å². The molecule has 21 heavy (non-hydrogen) atoms. The highest BCUT2D eigenvalue weighted by Crippen LogP contribution is 2.29. The molecule has 4 heterocycles. The van der Waals surface area contributed by atoms with Crippen LogP contribution in [-0.4, -0.2) is 52.3 Å². The van der Waals surface area contributed by atoms with Gasteiger partial charge in [-0.25, -0.2) is 9.97 Å². The first-order valence-corrected chi connectivity index (χ1v) is 7.92. The van der Waals surface area contributed by atoms with E-state index in [9.17, 15) is 0 Å². The number of rotatable bonds is 3. The Morgan fingerprint density at radius 2 is 2.33 bits per heavy atom. The van der Waals surface area contributed by atoms with Crippen LogP contribution in [0.5, 0.6) is 0 Å². The molecule has 2 saturated heterocycles. The Balaban J connectivity index is 1.74. The summed E-state index contributed by atoms with van der Waals surface area (Å²) in [4.78, 5) is 11.9. The van der Waals surface area contributed by atoms with Crippen LogP contribution in [0.3, 0.4) is 0 Å². The van der Waals surface area contributed by atoms with E-state index in [1.807, 2.05) is 12.3 Å². The number of hydrogen-bond acceptors (Lipinski definition) is 4. The second-order valence-corrected chi connectivity index (χ2v) is 6.26. The summed E-state index contributed by atoms with van der Waals surface area (Å²) in [5.74, 6) is 1.59. The van der Waals surface area contributed by atoms with Crippen molar-refractivity contribution in [1.29, 1.82) is 0 Å². The smallest absolute Gasteiger partial charge is 0.160 e. The summed E-state index contributed by atoms with van der Waals surface area (Å²) in [6.45, 7) is 3.84. The monoisotopic (exact) mass is 286 g/mol. The third-order valence-electron chi connectivity index (χ3n) is 4.89. The molecule has 2 unspecified atom stereocenters. The number of imidazole rings is 1. The minimum absolute atomic E-state index is 0.422. The van der Waals surface area contributed by atoms with Crippen molar-refractivity contribution in [3.8, 4) is 0 Å². The highest BCUT2D eigenvalue weighted by Gasteiger charge is 2.28. The van der Waals surface area contributed by atoms with Gasteiger partial charge in [-0.05, 0) is 45.0 Å². The minimum atomic E-state index is 0.422. The van der Waals surface area contributed by atoms with E-state index < -0.39 is 0 Å². The average Bonchev–Trinajstić information content (AvgIpc) is 3.21. The van der Waals surface area contributed by atoms with Gasteiger partial charge in [0.2, 0.25) is 0 Å². The Kier molecular flexibility index (Phi) is 3.39. The van der Waals surface area contributed by atoms with E-state index in [2.05, 4.69) is 27.6 Å². The highest BCUT2D eigenvalue weighted by molar-refractivity contribution is 5.71. The third kappa shape index (κ3) is 2.34. The second kappa shape index (κ2) is 5.39. The van der Waals surface area contributed by atoms with Crippen molar-refractivity contribution >= 4 is 11.2 Å². The SMILES string of the molecule is CN1CCCC1Cn1c(C2CCOC2)nc2cccnc21. The van der Waals surface area contributed by atoms with Gasteiger partial charge in [0.15, 0.2) is 5.65 Å². The lowest BCUT2D eigenvalue weighted by Gasteiger charge is -2.22. The van der Waals surface area contributed by atoms with Crippen LogP contribution in [0.4, 0.5) is 0 Å². The Hall–Kier alpha value is -1.46. The van der Waals surface area contributed by atoms with Crippen molar-refractivity contribution < 1.29 is 4.74 Å². The van der Waals surface area contributed by atoms with E-state index in [-0.39, 0.29) is 0 Å². The molecule has 2 fully saturated rings. The lowest BCUT2D eigenvalue weighted by molar-refractivity contribution is 0.192. The lowest BCUT2D eigenvalue weighted by Crippen LogP contribution is -2.30. The van der Waals surface area contributed by atoms with Crippen LogP contribution in [-0.2, 0) is 11.3 Å². The van der Waals surface area contributed by atoms with E-state index in [4.69, 9.17) is 9.72 Å². The second-order valence-electron chi connectivity index (χ2n) is 6.26. The molecule has 2 aliphatic rings. The zero-order valence-corrected chi connectivity index (χ0v) is 12.5. The molecular formula is C16H22N4O. The zero-order chi connectivity index (χ0) is 14.2. The maximum absolute atomic E-state index is 5.57. The number of pyridine rings is 1. The van der Waals surface area contributed by atoms with Crippen molar-refractivity contribution in [2.75, 3.05) is 26.8 Å². The number of fused-ring (bicyclic) bond motifs is 1. The van der Waals surface area contributed by atoms with Gasteiger partial charge in [0.05, 0.1) is 6.61 Å². The van der Waals surface area contributed by atoms with Gasteiger partial charge < -0.3 is 14.2 Å². The molecule has 4 rings (SSSR count). The van der Waals surface area contributed by atoms with Crippen molar-refractivity contribution in [3.05, 3.63) is 24.2 Å². The summed E-state index contributed by atoms with van der Waals surface area (Å²) >= 11 is 0. The maximum atomic E-state index is 5.57. The summed E-state index contributed by atoms with van der Waals surface area (Å²) in [7, 11) is 2.22. The number of hydrogen-bond donors (Lipinski definition) is 0. The Morgan fingerprint density at radius 1 is 1.38 bits per heavy atom. The van der Waals surface area contributed by atoms with Gasteiger partial charge in [-0.3, -0.25) is 0 Å². The molecule has 0 saturated carbocycles. The molecular weight excluding hydrogens is 264 g/mol. The largest absolute Gasteiger partial charge is 0.381 e. The normalized spacial score (nSPS) is 26.9. The topological polar surface area (TPSA) is 43.2 Å². The summed E-state index contributed by atoms with van der Waals surface area (Å²) < 4.78 is 7.92. The van der Waals surface area contributed by atoms with Gasteiger partial charge in [-0.15, -0.1) is 0 Å². The molecule has 112 valence electrons. The molecule has 0 aliphatic carbocycles. The molecule has 0 aromatic carbocycles. The van der Waals surface area contributed by atoms with Crippen LogP contribution in [0.1, 0.15) is 31.0 Å². The van der Waals surface area contributed by atoms with E-state index in [1.165, 1.54) is 25.2 Å². The van der Waals surface area contributed by atoms with Gasteiger partial charge in [-0.1, -0.05) is 0 Å². The highest BCUT2D eigenvalue weighted by atomic mass is 16.5. The van der Waals surface area contributed by atoms with Crippen LogP contribution in [0.2, 0.25) is 0 Å². The number of likely N-dealkylation sites (tertiary alicyclic amines) is 1. The number of nitrogens with zero attached hydrogens (tertiary/aromatic N) is 4. The average molecular weight is 286 g/mol. The minimum Gasteiger partial charge on any atom is -0.381 e. The van der Waals surface area contributed by atoms with E-state index in [1.54, 1.807) is 0 Å². The molecule has 2 atom stereocenters. The number of likely N-dealkylation sites (N-methyl/N-ethyl adjacent to an activating group) is 1. The fourth-order valence-corrected chi connectivity index (χ4v) is 3.63. The van der Waals surface area contributed by atoms with Gasteiger partial charge in [0, 0.05) is 31.3 Å². The first-order chi connectivity index (χ1) is 10.3. The predicted molar refractivity (Wildman–Crippen MR) is 81.4 cm³/mol. The molecule has 5 nitrogen and oxygen atoms in total. The fourth-order valence-electron chi connectivity index (χ4n) is 3.63. The Morgan fingerprint density at radius 3 is 3.10 bits per heavy atom. The molecule has 0 radical (unpaired) electrons. The van der Waals surface area contributed by atoms with Gasteiger partial charge in [0.1, 0.15) is 11.3 Å². The molecule has 5 heteroatoms. The maximum Gasteiger partial charge on any atom is 0.160 e. The van der Waals surface area contributed by atoms with Gasteiger partial charge in [-0.2, -0.15) is 0 Å². The quantitative estimate of drug-likeness (QED) is 0.866. The van der Waals surface area contributed by atoms with Gasteiger partial charge in [0.25, 0.3) is 0 Å². The first-order valence-electron chi connectivity index (χ1n) is 7.92.